The van der Waals surface area contributed by atoms with Crippen LogP contribution in [0.2, 0.25) is 0 Å². The van der Waals surface area contributed by atoms with Gasteiger partial charge in [0, 0.05) is 22.5 Å². The maximum atomic E-state index is 2.58. The second-order valence-electron chi connectivity index (χ2n) is 18.9. The molecule has 12 rings (SSSR count). The number of fused-ring (bicyclic) bond motifs is 13. The third-order valence-corrected chi connectivity index (χ3v) is 15.5. The first-order valence-electron chi connectivity index (χ1n) is 22.6. The van der Waals surface area contributed by atoms with Gasteiger partial charge in [0.25, 0.3) is 0 Å². The lowest BCUT2D eigenvalue weighted by atomic mass is 9.70. The van der Waals surface area contributed by atoms with E-state index in [0.717, 1.165) is 0 Å². The maximum absolute atomic E-state index is 2.58. The Morgan fingerprint density at radius 2 is 0.746 bits per heavy atom. The predicted octanol–water partition coefficient (Wildman–Crippen LogP) is 15.9. The Hall–Kier alpha value is -5.66. The van der Waals surface area contributed by atoms with E-state index >= 15 is 0 Å². The highest BCUT2D eigenvalue weighted by atomic mass is 15.1. The lowest BCUT2D eigenvalue weighted by molar-refractivity contribution is 0.443. The third kappa shape index (κ3) is 5.16. The summed E-state index contributed by atoms with van der Waals surface area (Å²) in [6.07, 6.45) is 13.5. The van der Waals surface area contributed by atoms with Crippen LogP contribution in [0.25, 0.3) is 33.4 Å². The van der Waals surface area contributed by atoms with Crippen LogP contribution in [0, 0.1) is 0 Å². The molecule has 1 nitrogen and oxygen atoms in total. The molecule has 0 bridgehead atoms. The second kappa shape index (κ2) is 13.4. The van der Waals surface area contributed by atoms with Gasteiger partial charge in [-0.15, -0.1) is 0 Å². The summed E-state index contributed by atoms with van der Waals surface area (Å²) in [5.74, 6) is 1.37. The van der Waals surface area contributed by atoms with Crippen LogP contribution in [0.15, 0.2) is 152 Å². The topological polar surface area (TPSA) is 3.24 Å². The first kappa shape index (κ1) is 35.3. The van der Waals surface area contributed by atoms with Gasteiger partial charge in [-0.1, -0.05) is 168 Å². The van der Waals surface area contributed by atoms with Gasteiger partial charge in [-0.05, 0) is 152 Å². The molecule has 0 aliphatic heterocycles. The van der Waals surface area contributed by atoms with Gasteiger partial charge in [0.1, 0.15) is 0 Å². The number of nitrogens with zero attached hydrogens (tertiary/aromatic N) is 1. The van der Waals surface area contributed by atoms with Crippen LogP contribution in [0.4, 0.5) is 17.1 Å². The molecule has 0 saturated heterocycles. The molecule has 0 amide bonds. The van der Waals surface area contributed by atoms with Gasteiger partial charge in [-0.3, -0.25) is 0 Å². The molecular formula is C58H53N. The van der Waals surface area contributed by atoms with Gasteiger partial charge >= 0.3 is 0 Å². The minimum absolute atomic E-state index is 0.0945. The molecule has 0 aromatic heterocycles. The Kier molecular flexibility index (Phi) is 8.04. The second-order valence-corrected chi connectivity index (χ2v) is 18.9. The van der Waals surface area contributed by atoms with Crippen LogP contribution in [-0.2, 0) is 10.8 Å². The molecule has 59 heavy (non-hydrogen) atoms. The molecular weight excluding hydrogens is 711 g/mol. The lowest BCUT2D eigenvalue weighted by Gasteiger charge is -2.32. The Morgan fingerprint density at radius 3 is 1.29 bits per heavy atom. The zero-order valence-corrected chi connectivity index (χ0v) is 34.6. The highest BCUT2D eigenvalue weighted by Crippen LogP contribution is 2.63. The van der Waals surface area contributed by atoms with E-state index in [-0.39, 0.29) is 10.8 Å². The summed E-state index contributed by atoms with van der Waals surface area (Å²) in [6.45, 7) is 4.92. The first-order valence-corrected chi connectivity index (χ1v) is 22.6. The van der Waals surface area contributed by atoms with Crippen LogP contribution in [0.5, 0.6) is 0 Å². The van der Waals surface area contributed by atoms with E-state index in [1.807, 2.05) is 0 Å². The standard InChI is InChI=1S/C58H53N/c1-57(2)54-35-41(39-17-7-4-8-18-39)27-32-48(54)49-33-30-43(36-55(49)57)59(42-28-25-40(26-29-42)38-15-5-3-6-16-38)44-31-34-50-47-21-11-14-24-53(47)58(56(50)37-44)51-22-12-9-19-45(51)46-20-10-13-23-52(46)58/h9-14,19-39H,3-8,15-18H2,1-2H3. The van der Waals surface area contributed by atoms with Crippen molar-refractivity contribution in [2.24, 2.45) is 0 Å². The number of anilines is 3. The average molecular weight is 764 g/mol. The zero-order chi connectivity index (χ0) is 39.3. The fourth-order valence-electron chi connectivity index (χ4n) is 12.6. The molecule has 290 valence electrons. The molecule has 1 spiro atoms. The molecule has 2 fully saturated rings. The Morgan fingerprint density at radius 1 is 0.356 bits per heavy atom. The molecule has 0 radical (unpaired) electrons. The van der Waals surface area contributed by atoms with E-state index in [4.69, 9.17) is 0 Å². The van der Waals surface area contributed by atoms with Crippen LogP contribution in [-0.4, -0.2) is 0 Å². The van der Waals surface area contributed by atoms with Crippen molar-refractivity contribution in [1.82, 2.24) is 0 Å². The number of rotatable bonds is 5. The Bertz CT molecular complexity index is 2710. The van der Waals surface area contributed by atoms with Crippen molar-refractivity contribution in [2.75, 3.05) is 4.90 Å². The molecule has 2 saturated carbocycles. The van der Waals surface area contributed by atoms with Crippen LogP contribution in [0.3, 0.4) is 0 Å². The lowest BCUT2D eigenvalue weighted by Crippen LogP contribution is -2.26. The largest absolute Gasteiger partial charge is 0.310 e. The van der Waals surface area contributed by atoms with E-state index in [9.17, 15) is 0 Å². The minimum Gasteiger partial charge on any atom is -0.310 e. The monoisotopic (exact) mass is 763 g/mol. The fraction of sp³-hybridized carbons (Fsp3) is 0.276. The van der Waals surface area contributed by atoms with Crippen molar-refractivity contribution in [3.05, 3.63) is 196 Å². The first-order chi connectivity index (χ1) is 29.0. The van der Waals surface area contributed by atoms with Crippen molar-refractivity contribution in [1.29, 1.82) is 0 Å². The molecule has 1 heteroatoms. The summed E-state index contributed by atoms with van der Waals surface area (Å²) in [5.41, 5.74) is 22.8. The van der Waals surface area contributed by atoms with E-state index in [1.54, 1.807) is 5.56 Å². The van der Waals surface area contributed by atoms with E-state index in [2.05, 4.69) is 170 Å². The van der Waals surface area contributed by atoms with E-state index in [1.165, 1.54) is 154 Å². The van der Waals surface area contributed by atoms with Crippen LogP contribution >= 0.6 is 0 Å². The molecule has 5 aliphatic carbocycles. The smallest absolute Gasteiger partial charge is 0.0726 e. The molecule has 5 aliphatic rings. The normalized spacial score (nSPS) is 18.1. The molecule has 0 atom stereocenters. The summed E-state index contributed by atoms with van der Waals surface area (Å²) in [5, 5.41) is 0. The summed E-state index contributed by atoms with van der Waals surface area (Å²) in [4.78, 5) is 2.56. The van der Waals surface area contributed by atoms with E-state index < -0.39 is 0 Å². The Balaban J connectivity index is 1.03. The van der Waals surface area contributed by atoms with Gasteiger partial charge < -0.3 is 4.90 Å². The SMILES string of the molecule is CC1(C)c2cc(C3CCCCC3)ccc2-c2ccc(N(c3ccc(C4CCCCC4)cc3)c3ccc4c(c3)C3(c5ccccc5-c5ccccc53)c3ccccc3-4)cc21. The van der Waals surface area contributed by atoms with Gasteiger partial charge in [0.2, 0.25) is 0 Å². The molecule has 0 unspecified atom stereocenters. The van der Waals surface area contributed by atoms with Gasteiger partial charge in [-0.25, -0.2) is 0 Å². The van der Waals surface area contributed by atoms with Crippen molar-refractivity contribution in [3.63, 3.8) is 0 Å². The number of hydrogen-bond acceptors (Lipinski definition) is 1. The van der Waals surface area contributed by atoms with Crippen molar-refractivity contribution < 1.29 is 0 Å². The Labute approximate surface area is 350 Å². The van der Waals surface area contributed by atoms with Crippen LogP contribution < -0.4 is 4.90 Å². The minimum atomic E-state index is -0.386. The summed E-state index contributed by atoms with van der Waals surface area (Å²) in [7, 11) is 0. The highest BCUT2D eigenvalue weighted by Gasteiger charge is 2.51. The average Bonchev–Trinajstić information content (AvgIpc) is 3.85. The zero-order valence-electron chi connectivity index (χ0n) is 34.6. The fourth-order valence-corrected chi connectivity index (χ4v) is 12.6. The highest BCUT2D eigenvalue weighted by molar-refractivity contribution is 5.96. The van der Waals surface area contributed by atoms with Crippen molar-refractivity contribution >= 4 is 17.1 Å². The van der Waals surface area contributed by atoms with Gasteiger partial charge in [-0.2, -0.15) is 0 Å². The maximum Gasteiger partial charge on any atom is 0.0726 e. The predicted molar refractivity (Wildman–Crippen MR) is 247 cm³/mol. The van der Waals surface area contributed by atoms with Crippen LogP contribution in [0.1, 0.15) is 134 Å². The molecule has 0 heterocycles. The van der Waals surface area contributed by atoms with E-state index in [0.29, 0.717) is 11.8 Å². The molecule has 7 aromatic carbocycles. The number of hydrogen-bond donors (Lipinski definition) is 0. The van der Waals surface area contributed by atoms with Crippen molar-refractivity contribution in [3.8, 4) is 33.4 Å². The molecule has 7 aromatic rings. The van der Waals surface area contributed by atoms with Crippen molar-refractivity contribution in [2.45, 2.75) is 101 Å². The summed E-state index contributed by atoms with van der Waals surface area (Å²) in [6, 6.07) is 59.4. The van der Waals surface area contributed by atoms with Gasteiger partial charge in [0.05, 0.1) is 5.41 Å². The summed E-state index contributed by atoms with van der Waals surface area (Å²) < 4.78 is 0. The molecule has 0 N–H and O–H groups in total. The third-order valence-electron chi connectivity index (χ3n) is 15.5. The van der Waals surface area contributed by atoms with Gasteiger partial charge in [0.15, 0.2) is 0 Å². The summed E-state index contributed by atoms with van der Waals surface area (Å²) >= 11 is 0. The quantitative estimate of drug-likeness (QED) is 0.169. The number of benzene rings is 7.